The van der Waals surface area contributed by atoms with Gasteiger partial charge in [-0.15, -0.1) is 0 Å². The zero-order chi connectivity index (χ0) is 13.1. The molecule has 0 aromatic carbocycles. The van der Waals surface area contributed by atoms with Crippen LogP contribution < -0.4 is 0 Å². The zero-order valence-corrected chi connectivity index (χ0v) is 9.66. The maximum Gasteiger partial charge on any atom is 0.352 e. The number of aryl methyl sites for hydroxylation is 2. The number of aromatic carboxylic acids is 1. The van der Waals surface area contributed by atoms with Crippen LogP contribution in [0.25, 0.3) is 0 Å². The van der Waals surface area contributed by atoms with Crippen LogP contribution in [-0.4, -0.2) is 31.6 Å². The average molecular weight is 249 g/mol. The van der Waals surface area contributed by atoms with Crippen molar-refractivity contribution in [2.45, 2.75) is 19.9 Å². The molecule has 0 bridgehead atoms. The summed E-state index contributed by atoms with van der Waals surface area (Å²) < 4.78 is 6.31. The molecule has 94 valence electrons. The van der Waals surface area contributed by atoms with E-state index in [9.17, 15) is 9.59 Å². The van der Waals surface area contributed by atoms with Gasteiger partial charge in [-0.1, -0.05) is 5.16 Å². The molecule has 0 saturated heterocycles. The van der Waals surface area contributed by atoms with Crippen molar-refractivity contribution in [3.8, 4) is 0 Å². The van der Waals surface area contributed by atoms with Gasteiger partial charge < -0.3 is 14.2 Å². The van der Waals surface area contributed by atoms with Crippen molar-refractivity contribution in [3.05, 3.63) is 35.7 Å². The lowest BCUT2D eigenvalue weighted by Gasteiger charge is -2.03. The topological polar surface area (TPSA) is 98.2 Å². The van der Waals surface area contributed by atoms with Gasteiger partial charge in [0, 0.05) is 24.7 Å². The Hall–Kier alpha value is -2.44. The Balaban J connectivity index is 2.20. The largest absolute Gasteiger partial charge is 0.477 e. The van der Waals surface area contributed by atoms with Crippen LogP contribution in [0.3, 0.4) is 0 Å². The first-order chi connectivity index (χ1) is 8.58. The van der Waals surface area contributed by atoms with Crippen LogP contribution >= 0.6 is 0 Å². The van der Waals surface area contributed by atoms with Crippen molar-refractivity contribution < 1.29 is 19.2 Å². The normalized spacial score (nSPS) is 10.5. The summed E-state index contributed by atoms with van der Waals surface area (Å²) in [6.45, 7) is 1.75. The van der Waals surface area contributed by atoms with Crippen LogP contribution in [0.1, 0.15) is 33.7 Å². The molecule has 0 aliphatic carbocycles. The van der Waals surface area contributed by atoms with E-state index < -0.39 is 5.97 Å². The molecule has 2 aromatic heterocycles. The predicted molar refractivity (Wildman–Crippen MR) is 59.4 cm³/mol. The smallest absolute Gasteiger partial charge is 0.352 e. The Kier molecular flexibility index (Phi) is 3.22. The van der Waals surface area contributed by atoms with Crippen molar-refractivity contribution in [1.82, 2.24) is 14.7 Å². The van der Waals surface area contributed by atoms with E-state index in [2.05, 4.69) is 10.1 Å². The van der Waals surface area contributed by atoms with Crippen molar-refractivity contribution in [1.29, 1.82) is 0 Å². The predicted octanol–water partition coefficient (Wildman–Crippen LogP) is 1.01. The number of ketones is 1. The molecule has 1 N–H and O–H groups in total. The van der Waals surface area contributed by atoms with E-state index in [1.54, 1.807) is 0 Å². The Labute approximate surface area is 102 Å². The minimum atomic E-state index is -1.08. The first-order valence-corrected chi connectivity index (χ1v) is 5.28. The van der Waals surface area contributed by atoms with E-state index in [0.29, 0.717) is 24.4 Å². The van der Waals surface area contributed by atoms with Gasteiger partial charge in [-0.05, 0) is 13.0 Å². The molecule has 18 heavy (non-hydrogen) atoms. The second-order valence-electron chi connectivity index (χ2n) is 3.75. The number of nitrogens with zero attached hydrogens (tertiary/aromatic N) is 3. The van der Waals surface area contributed by atoms with Gasteiger partial charge in [0.1, 0.15) is 5.69 Å². The summed E-state index contributed by atoms with van der Waals surface area (Å²) in [7, 11) is 0. The van der Waals surface area contributed by atoms with Crippen molar-refractivity contribution >= 4 is 11.8 Å². The van der Waals surface area contributed by atoms with E-state index in [4.69, 9.17) is 9.63 Å². The van der Waals surface area contributed by atoms with Gasteiger partial charge in [-0.25, -0.2) is 4.79 Å². The highest BCUT2D eigenvalue weighted by Gasteiger charge is 2.15. The lowest BCUT2D eigenvalue weighted by molar-refractivity contribution is 0.0684. The summed E-state index contributed by atoms with van der Waals surface area (Å²) >= 11 is 0. The van der Waals surface area contributed by atoms with E-state index >= 15 is 0 Å². The number of carbonyl (C=O) groups excluding carboxylic acids is 1. The molecule has 0 spiro atoms. The maximum atomic E-state index is 11.2. The average Bonchev–Trinajstić information content (AvgIpc) is 2.95. The number of hydrogen-bond acceptors (Lipinski definition) is 5. The fourth-order valence-corrected chi connectivity index (χ4v) is 1.59. The number of carboxylic acid groups (broad SMARTS) is 1. The molecule has 0 amide bonds. The number of carbonyl (C=O) groups is 2. The Bertz CT molecular complexity index is 571. The third kappa shape index (κ3) is 2.45. The third-order valence-electron chi connectivity index (χ3n) is 2.50. The van der Waals surface area contributed by atoms with E-state index in [1.165, 1.54) is 30.1 Å². The second kappa shape index (κ2) is 4.82. The third-order valence-corrected chi connectivity index (χ3v) is 2.50. The number of hydrogen-bond donors (Lipinski definition) is 1. The SMILES string of the molecule is CC(=O)c1cc(C(=O)O)n(CCc2ncno2)c1. The van der Waals surface area contributed by atoms with Crippen LogP contribution in [0.2, 0.25) is 0 Å². The van der Waals surface area contributed by atoms with Crippen molar-refractivity contribution in [2.24, 2.45) is 0 Å². The quantitative estimate of drug-likeness (QED) is 0.794. The first-order valence-electron chi connectivity index (χ1n) is 5.28. The van der Waals surface area contributed by atoms with Gasteiger partial charge in [-0.3, -0.25) is 4.79 Å². The van der Waals surface area contributed by atoms with Crippen molar-refractivity contribution in [3.63, 3.8) is 0 Å². The molecular formula is C11H11N3O4. The van der Waals surface area contributed by atoms with Gasteiger partial charge in [0.15, 0.2) is 12.1 Å². The summed E-state index contributed by atoms with van der Waals surface area (Å²) in [4.78, 5) is 26.1. The van der Waals surface area contributed by atoms with E-state index in [1.807, 2.05) is 0 Å². The Morgan fingerprint density at radius 2 is 2.28 bits per heavy atom. The number of rotatable bonds is 5. The maximum absolute atomic E-state index is 11.2. The molecule has 0 saturated carbocycles. The summed E-state index contributed by atoms with van der Waals surface area (Å²) in [5, 5.41) is 12.5. The number of carboxylic acids is 1. The molecule has 7 nitrogen and oxygen atoms in total. The molecule has 7 heteroatoms. The Morgan fingerprint density at radius 3 is 2.83 bits per heavy atom. The molecule has 0 atom stereocenters. The van der Waals surface area contributed by atoms with E-state index in [0.717, 1.165) is 0 Å². The lowest BCUT2D eigenvalue weighted by atomic mass is 10.2. The lowest BCUT2D eigenvalue weighted by Crippen LogP contribution is -2.09. The molecule has 0 aliphatic rings. The van der Waals surface area contributed by atoms with Gasteiger partial charge in [-0.2, -0.15) is 4.98 Å². The summed E-state index contributed by atoms with van der Waals surface area (Å²) in [5.74, 6) is -0.827. The number of Topliss-reactive ketones (excluding diaryl/α,β-unsaturated/α-hetero) is 1. The molecule has 2 rings (SSSR count). The van der Waals surface area contributed by atoms with Crippen LogP contribution in [0.5, 0.6) is 0 Å². The van der Waals surface area contributed by atoms with Crippen LogP contribution in [0.4, 0.5) is 0 Å². The summed E-state index contributed by atoms with van der Waals surface area (Å²) in [5.41, 5.74) is 0.442. The van der Waals surface area contributed by atoms with Crippen molar-refractivity contribution in [2.75, 3.05) is 0 Å². The minimum absolute atomic E-state index is 0.0692. The standard InChI is InChI=1S/C11H11N3O4/c1-7(15)8-4-9(11(16)17)14(5-8)3-2-10-12-6-13-18-10/h4-6H,2-3H2,1H3,(H,16,17). The van der Waals surface area contributed by atoms with Gasteiger partial charge >= 0.3 is 5.97 Å². The monoisotopic (exact) mass is 249 g/mol. The Morgan fingerprint density at radius 1 is 1.50 bits per heavy atom. The van der Waals surface area contributed by atoms with Crippen LogP contribution in [0.15, 0.2) is 23.1 Å². The molecule has 0 aliphatic heterocycles. The zero-order valence-electron chi connectivity index (χ0n) is 9.66. The number of aromatic nitrogens is 3. The molecule has 2 heterocycles. The first kappa shape index (κ1) is 12.0. The van der Waals surface area contributed by atoms with Crippen LogP contribution in [0, 0.1) is 0 Å². The summed E-state index contributed by atoms with van der Waals surface area (Å²) in [6.07, 6.45) is 3.21. The molecule has 0 fully saturated rings. The van der Waals surface area contributed by atoms with Crippen LogP contribution in [-0.2, 0) is 13.0 Å². The minimum Gasteiger partial charge on any atom is -0.477 e. The van der Waals surface area contributed by atoms with Gasteiger partial charge in [0.2, 0.25) is 5.89 Å². The fraction of sp³-hybridized carbons (Fsp3) is 0.273. The molecule has 0 radical (unpaired) electrons. The highest BCUT2D eigenvalue weighted by molar-refractivity contribution is 5.97. The molecular weight excluding hydrogens is 238 g/mol. The second-order valence-corrected chi connectivity index (χ2v) is 3.75. The highest BCUT2D eigenvalue weighted by Crippen LogP contribution is 2.11. The molecule has 0 unspecified atom stereocenters. The molecule has 2 aromatic rings. The van der Waals surface area contributed by atoms with E-state index in [-0.39, 0.29) is 11.5 Å². The van der Waals surface area contributed by atoms with Gasteiger partial charge in [0.25, 0.3) is 0 Å². The summed E-state index contributed by atoms with van der Waals surface area (Å²) in [6, 6.07) is 1.36. The van der Waals surface area contributed by atoms with Gasteiger partial charge in [0.05, 0.1) is 0 Å². The highest BCUT2D eigenvalue weighted by atomic mass is 16.5. The fourth-order valence-electron chi connectivity index (χ4n) is 1.59.